The molecule has 0 unspecified atom stereocenters. The molecule has 1 aromatic rings. The molecule has 0 aromatic heterocycles. The van der Waals surface area contributed by atoms with Crippen LogP contribution in [0.25, 0.3) is 0 Å². The van der Waals surface area contributed by atoms with Crippen LogP contribution in [-0.4, -0.2) is 31.4 Å². The van der Waals surface area contributed by atoms with Gasteiger partial charge in [-0.3, -0.25) is 9.59 Å². The second kappa shape index (κ2) is 9.97. The Kier molecular flexibility index (Phi) is 8.07. The highest BCUT2D eigenvalue weighted by molar-refractivity contribution is 5.94. The summed E-state index contributed by atoms with van der Waals surface area (Å²) in [6.07, 6.45) is 2.90. The maximum Gasteiger partial charge on any atom is 0.251 e. The van der Waals surface area contributed by atoms with E-state index in [1.807, 2.05) is 18.2 Å². The van der Waals surface area contributed by atoms with Gasteiger partial charge in [0.2, 0.25) is 5.91 Å². The predicted octanol–water partition coefficient (Wildman–Crippen LogP) is 1.05. The predicted molar refractivity (Wildman–Crippen MR) is 79.3 cm³/mol. The molecule has 0 saturated carbocycles. The van der Waals surface area contributed by atoms with Crippen molar-refractivity contribution in [3.63, 3.8) is 0 Å². The minimum absolute atomic E-state index is 0.0241. The van der Waals surface area contributed by atoms with Gasteiger partial charge in [0.05, 0.1) is 0 Å². The number of amides is 2. The minimum atomic E-state index is -0.103. The average molecular weight is 277 g/mol. The highest BCUT2D eigenvalue weighted by Gasteiger charge is 2.04. The molecule has 1 rings (SSSR count). The summed E-state index contributed by atoms with van der Waals surface area (Å²) in [6.45, 7) is 1.83. The number of benzene rings is 1. The second-order valence-electron chi connectivity index (χ2n) is 4.57. The molecule has 110 valence electrons. The van der Waals surface area contributed by atoms with Crippen molar-refractivity contribution in [2.75, 3.05) is 19.6 Å². The monoisotopic (exact) mass is 277 g/mol. The molecule has 0 aliphatic rings. The lowest BCUT2D eigenvalue weighted by Gasteiger charge is -2.06. The van der Waals surface area contributed by atoms with Crippen molar-refractivity contribution in [1.29, 1.82) is 0 Å². The van der Waals surface area contributed by atoms with Crippen LogP contribution in [-0.2, 0) is 4.79 Å². The molecule has 0 saturated heterocycles. The van der Waals surface area contributed by atoms with Crippen molar-refractivity contribution < 1.29 is 9.59 Å². The van der Waals surface area contributed by atoms with Crippen LogP contribution < -0.4 is 16.4 Å². The maximum absolute atomic E-state index is 11.7. The number of nitrogens with two attached hydrogens (primary N) is 1. The number of hydrogen-bond acceptors (Lipinski definition) is 3. The molecule has 5 nitrogen and oxygen atoms in total. The lowest BCUT2D eigenvalue weighted by Crippen LogP contribution is -2.28. The zero-order valence-corrected chi connectivity index (χ0v) is 11.7. The first-order chi connectivity index (χ1) is 9.74. The van der Waals surface area contributed by atoms with E-state index in [1.165, 1.54) is 0 Å². The smallest absolute Gasteiger partial charge is 0.251 e. The van der Waals surface area contributed by atoms with Crippen LogP contribution in [0.1, 0.15) is 36.0 Å². The van der Waals surface area contributed by atoms with Crippen LogP contribution in [0.5, 0.6) is 0 Å². The van der Waals surface area contributed by atoms with Gasteiger partial charge >= 0.3 is 0 Å². The van der Waals surface area contributed by atoms with Crippen molar-refractivity contribution in [1.82, 2.24) is 10.6 Å². The molecule has 5 heteroatoms. The molecule has 2 amide bonds. The van der Waals surface area contributed by atoms with Gasteiger partial charge in [-0.2, -0.15) is 0 Å². The SMILES string of the molecule is NCCCCNC(=O)CCCNC(=O)c1ccccc1. The van der Waals surface area contributed by atoms with Gasteiger partial charge in [0, 0.05) is 25.1 Å². The highest BCUT2D eigenvalue weighted by Crippen LogP contribution is 1.98. The van der Waals surface area contributed by atoms with Crippen LogP contribution >= 0.6 is 0 Å². The Labute approximate surface area is 119 Å². The molecule has 0 aliphatic heterocycles. The average Bonchev–Trinajstić information content (AvgIpc) is 2.49. The fraction of sp³-hybridized carbons (Fsp3) is 0.467. The van der Waals surface area contributed by atoms with Crippen molar-refractivity contribution in [3.05, 3.63) is 35.9 Å². The Balaban J connectivity index is 2.07. The topological polar surface area (TPSA) is 84.2 Å². The first-order valence-corrected chi connectivity index (χ1v) is 7.04. The minimum Gasteiger partial charge on any atom is -0.356 e. The lowest BCUT2D eigenvalue weighted by molar-refractivity contribution is -0.121. The molecule has 0 bridgehead atoms. The van der Waals surface area contributed by atoms with Crippen LogP contribution in [0.15, 0.2) is 30.3 Å². The normalized spacial score (nSPS) is 10.1. The van der Waals surface area contributed by atoms with Crippen LogP contribution in [0, 0.1) is 0 Å². The molecule has 0 aliphatic carbocycles. The summed E-state index contributed by atoms with van der Waals surface area (Å²) < 4.78 is 0. The number of rotatable bonds is 9. The summed E-state index contributed by atoms with van der Waals surface area (Å²) in [6, 6.07) is 9.04. The first-order valence-electron chi connectivity index (χ1n) is 7.04. The summed E-state index contributed by atoms with van der Waals surface area (Å²) in [7, 11) is 0. The zero-order valence-electron chi connectivity index (χ0n) is 11.7. The van der Waals surface area contributed by atoms with Crippen molar-refractivity contribution >= 4 is 11.8 Å². The lowest BCUT2D eigenvalue weighted by atomic mass is 10.2. The number of hydrogen-bond donors (Lipinski definition) is 3. The summed E-state index contributed by atoms with van der Waals surface area (Å²) in [5, 5.41) is 5.63. The summed E-state index contributed by atoms with van der Waals surface area (Å²) in [5.41, 5.74) is 6.00. The van der Waals surface area contributed by atoms with E-state index in [0.717, 1.165) is 12.8 Å². The van der Waals surface area contributed by atoms with Gasteiger partial charge in [-0.15, -0.1) is 0 Å². The van der Waals surface area contributed by atoms with Crippen molar-refractivity contribution in [3.8, 4) is 0 Å². The van der Waals surface area contributed by atoms with Crippen molar-refractivity contribution in [2.24, 2.45) is 5.73 Å². The highest BCUT2D eigenvalue weighted by atomic mass is 16.2. The summed E-state index contributed by atoms with van der Waals surface area (Å²) in [4.78, 5) is 23.2. The molecule has 0 radical (unpaired) electrons. The number of carbonyl (C=O) groups excluding carboxylic acids is 2. The Morgan fingerprint density at radius 1 is 0.950 bits per heavy atom. The standard InChI is InChI=1S/C15H23N3O2/c16-10-4-5-11-17-14(19)9-6-12-18-15(20)13-7-2-1-3-8-13/h1-3,7-8H,4-6,9-12,16H2,(H,17,19)(H,18,20). The molecule has 20 heavy (non-hydrogen) atoms. The maximum atomic E-state index is 11.7. The van der Waals surface area contributed by atoms with Gasteiger partial charge in [-0.25, -0.2) is 0 Å². The van der Waals surface area contributed by atoms with E-state index >= 15 is 0 Å². The second-order valence-corrected chi connectivity index (χ2v) is 4.57. The Bertz CT molecular complexity index is 407. The molecular formula is C15H23N3O2. The van der Waals surface area contributed by atoms with E-state index in [1.54, 1.807) is 12.1 Å². The summed E-state index contributed by atoms with van der Waals surface area (Å²) >= 11 is 0. The fourth-order valence-corrected chi connectivity index (χ4v) is 1.73. The van der Waals surface area contributed by atoms with Gasteiger partial charge in [-0.05, 0) is 37.9 Å². The number of unbranched alkanes of at least 4 members (excludes halogenated alkanes) is 1. The number of nitrogens with one attached hydrogen (secondary N) is 2. The Morgan fingerprint density at radius 3 is 2.35 bits per heavy atom. The van der Waals surface area contributed by atoms with E-state index in [2.05, 4.69) is 10.6 Å². The van der Waals surface area contributed by atoms with Gasteiger partial charge in [-0.1, -0.05) is 18.2 Å². The molecular weight excluding hydrogens is 254 g/mol. The third kappa shape index (κ3) is 6.89. The molecule has 1 aromatic carbocycles. The van der Waals surface area contributed by atoms with Crippen LogP contribution in [0.4, 0.5) is 0 Å². The Hall–Kier alpha value is -1.88. The van der Waals surface area contributed by atoms with Crippen LogP contribution in [0.3, 0.4) is 0 Å². The largest absolute Gasteiger partial charge is 0.356 e. The van der Waals surface area contributed by atoms with Gasteiger partial charge < -0.3 is 16.4 Å². The zero-order chi connectivity index (χ0) is 14.6. The molecule has 0 spiro atoms. The van der Waals surface area contributed by atoms with Gasteiger partial charge in [0.15, 0.2) is 0 Å². The van der Waals surface area contributed by atoms with E-state index in [9.17, 15) is 9.59 Å². The number of carbonyl (C=O) groups is 2. The molecule has 0 heterocycles. The molecule has 4 N–H and O–H groups in total. The quantitative estimate of drug-likeness (QED) is 0.590. The fourth-order valence-electron chi connectivity index (χ4n) is 1.73. The van der Waals surface area contributed by atoms with Gasteiger partial charge in [0.25, 0.3) is 5.91 Å². The van der Waals surface area contributed by atoms with Gasteiger partial charge in [0.1, 0.15) is 0 Å². The van der Waals surface area contributed by atoms with E-state index < -0.39 is 0 Å². The third-order valence-corrected chi connectivity index (χ3v) is 2.86. The molecule has 0 fully saturated rings. The first kappa shape index (κ1) is 16.2. The van der Waals surface area contributed by atoms with E-state index in [0.29, 0.717) is 38.0 Å². The van der Waals surface area contributed by atoms with E-state index in [-0.39, 0.29) is 11.8 Å². The summed E-state index contributed by atoms with van der Waals surface area (Å²) in [5.74, 6) is -0.0788. The van der Waals surface area contributed by atoms with Crippen LogP contribution in [0.2, 0.25) is 0 Å². The van der Waals surface area contributed by atoms with Crippen molar-refractivity contribution in [2.45, 2.75) is 25.7 Å². The van der Waals surface area contributed by atoms with E-state index in [4.69, 9.17) is 5.73 Å². The Morgan fingerprint density at radius 2 is 1.65 bits per heavy atom. The molecule has 0 atom stereocenters. The third-order valence-electron chi connectivity index (χ3n) is 2.86.